The Morgan fingerprint density at radius 2 is 1.83 bits per heavy atom. The van der Waals surface area contributed by atoms with Crippen LogP contribution in [0, 0.1) is 11.3 Å². The SMILES string of the molecule is CC(C)(CN)Sc1nc2ccccc2cc1-c1ccc(C#N)cc1. The van der Waals surface area contributed by atoms with E-state index in [0.29, 0.717) is 12.1 Å². The van der Waals surface area contributed by atoms with Crippen LogP contribution < -0.4 is 5.73 Å². The van der Waals surface area contributed by atoms with Crippen LogP contribution in [0.5, 0.6) is 0 Å². The lowest BCUT2D eigenvalue weighted by Gasteiger charge is -2.23. The predicted molar refractivity (Wildman–Crippen MR) is 101 cm³/mol. The average molecular weight is 333 g/mol. The average Bonchev–Trinajstić information content (AvgIpc) is 2.61. The second kappa shape index (κ2) is 6.64. The zero-order valence-electron chi connectivity index (χ0n) is 13.8. The van der Waals surface area contributed by atoms with Crippen molar-refractivity contribution >= 4 is 22.7 Å². The van der Waals surface area contributed by atoms with Crippen molar-refractivity contribution in [3.63, 3.8) is 0 Å². The lowest BCUT2D eigenvalue weighted by Crippen LogP contribution is -2.26. The summed E-state index contributed by atoms with van der Waals surface area (Å²) in [6, 6.07) is 20.1. The number of thioether (sulfide) groups is 1. The Hall–Kier alpha value is -2.35. The maximum atomic E-state index is 9.00. The minimum absolute atomic E-state index is 0.100. The number of rotatable bonds is 4. The lowest BCUT2D eigenvalue weighted by molar-refractivity contribution is 0.721. The zero-order valence-corrected chi connectivity index (χ0v) is 14.6. The molecule has 1 heterocycles. The number of hydrogen-bond acceptors (Lipinski definition) is 4. The second-order valence-corrected chi connectivity index (χ2v) is 7.98. The molecule has 2 aromatic carbocycles. The maximum Gasteiger partial charge on any atom is 0.105 e. The van der Waals surface area contributed by atoms with Crippen molar-refractivity contribution in [1.82, 2.24) is 4.98 Å². The molecular formula is C20H19N3S. The first-order valence-corrected chi connectivity index (χ1v) is 8.63. The molecule has 4 heteroatoms. The minimum atomic E-state index is -0.100. The van der Waals surface area contributed by atoms with Crippen LogP contribution >= 0.6 is 11.8 Å². The highest BCUT2D eigenvalue weighted by Crippen LogP contribution is 2.38. The molecule has 0 spiro atoms. The monoisotopic (exact) mass is 333 g/mol. The molecule has 24 heavy (non-hydrogen) atoms. The first kappa shape index (κ1) is 16.5. The van der Waals surface area contributed by atoms with Crippen molar-refractivity contribution in [2.75, 3.05) is 6.54 Å². The smallest absolute Gasteiger partial charge is 0.105 e. The number of fused-ring (bicyclic) bond motifs is 1. The molecule has 3 nitrogen and oxygen atoms in total. The van der Waals surface area contributed by atoms with E-state index in [9.17, 15) is 0 Å². The van der Waals surface area contributed by atoms with Crippen LogP contribution in [-0.2, 0) is 0 Å². The summed E-state index contributed by atoms with van der Waals surface area (Å²) in [7, 11) is 0. The van der Waals surface area contributed by atoms with Crippen LogP contribution in [0.15, 0.2) is 59.6 Å². The zero-order chi connectivity index (χ0) is 17.2. The van der Waals surface area contributed by atoms with Crippen molar-refractivity contribution in [2.45, 2.75) is 23.6 Å². The van der Waals surface area contributed by atoms with Crippen molar-refractivity contribution in [1.29, 1.82) is 5.26 Å². The van der Waals surface area contributed by atoms with Crippen molar-refractivity contribution in [3.05, 3.63) is 60.2 Å². The molecule has 0 amide bonds. The van der Waals surface area contributed by atoms with E-state index < -0.39 is 0 Å². The highest BCUT2D eigenvalue weighted by atomic mass is 32.2. The van der Waals surface area contributed by atoms with Crippen molar-refractivity contribution < 1.29 is 0 Å². The summed E-state index contributed by atoms with van der Waals surface area (Å²) in [4.78, 5) is 4.87. The Morgan fingerprint density at radius 3 is 2.50 bits per heavy atom. The van der Waals surface area contributed by atoms with Gasteiger partial charge in [0.05, 0.1) is 17.1 Å². The van der Waals surface area contributed by atoms with E-state index in [4.69, 9.17) is 16.0 Å². The Bertz CT molecular complexity index is 908. The number of para-hydroxylation sites is 1. The van der Waals surface area contributed by atoms with E-state index in [1.165, 1.54) is 0 Å². The molecule has 120 valence electrons. The molecular weight excluding hydrogens is 314 g/mol. The molecule has 2 N–H and O–H groups in total. The first-order valence-electron chi connectivity index (χ1n) is 7.82. The molecule has 0 fully saturated rings. The van der Waals surface area contributed by atoms with Crippen LogP contribution in [0.1, 0.15) is 19.4 Å². The number of hydrogen-bond donors (Lipinski definition) is 1. The molecule has 0 aliphatic rings. The Balaban J connectivity index is 2.17. The van der Waals surface area contributed by atoms with Crippen LogP contribution in [0.25, 0.3) is 22.0 Å². The molecule has 0 bridgehead atoms. The third-order valence-corrected chi connectivity index (χ3v) is 5.10. The fraction of sp³-hybridized carbons (Fsp3) is 0.200. The van der Waals surface area contributed by atoms with Gasteiger partial charge in [-0.3, -0.25) is 0 Å². The fourth-order valence-corrected chi connectivity index (χ4v) is 3.45. The molecule has 0 saturated carbocycles. The highest BCUT2D eigenvalue weighted by Gasteiger charge is 2.21. The summed E-state index contributed by atoms with van der Waals surface area (Å²) in [5, 5.41) is 11.1. The van der Waals surface area contributed by atoms with E-state index >= 15 is 0 Å². The molecule has 0 aliphatic heterocycles. The van der Waals surface area contributed by atoms with Crippen LogP contribution in [0.2, 0.25) is 0 Å². The van der Waals surface area contributed by atoms with Gasteiger partial charge in [0.2, 0.25) is 0 Å². The maximum absolute atomic E-state index is 9.00. The summed E-state index contributed by atoms with van der Waals surface area (Å²) in [5.74, 6) is 0. The van der Waals surface area contributed by atoms with Gasteiger partial charge in [0.1, 0.15) is 5.03 Å². The molecule has 0 aliphatic carbocycles. The van der Waals surface area contributed by atoms with Gasteiger partial charge in [-0.1, -0.05) is 42.1 Å². The van der Waals surface area contributed by atoms with Crippen LogP contribution in [0.4, 0.5) is 0 Å². The predicted octanol–water partition coefficient (Wildman–Crippen LogP) is 4.60. The van der Waals surface area contributed by atoms with Crippen molar-refractivity contribution in [2.24, 2.45) is 5.73 Å². The van der Waals surface area contributed by atoms with Gasteiger partial charge in [0, 0.05) is 22.2 Å². The number of nitrogens with two attached hydrogens (primary N) is 1. The number of benzene rings is 2. The molecule has 0 saturated heterocycles. The minimum Gasteiger partial charge on any atom is -0.329 e. The van der Waals surface area contributed by atoms with E-state index in [2.05, 4.69) is 32.0 Å². The summed E-state index contributed by atoms with van der Waals surface area (Å²) >= 11 is 1.69. The van der Waals surface area contributed by atoms with Gasteiger partial charge in [-0.25, -0.2) is 4.98 Å². The van der Waals surface area contributed by atoms with Gasteiger partial charge >= 0.3 is 0 Å². The van der Waals surface area contributed by atoms with Gasteiger partial charge in [-0.15, -0.1) is 0 Å². The summed E-state index contributed by atoms with van der Waals surface area (Å²) in [6.07, 6.45) is 0. The second-order valence-electron chi connectivity index (χ2n) is 6.29. The number of aromatic nitrogens is 1. The first-order chi connectivity index (χ1) is 11.5. The highest BCUT2D eigenvalue weighted by molar-refractivity contribution is 8.00. The number of pyridine rings is 1. The van der Waals surface area contributed by atoms with Gasteiger partial charge < -0.3 is 5.73 Å². The molecule has 0 radical (unpaired) electrons. The van der Waals surface area contributed by atoms with Gasteiger partial charge in [0.15, 0.2) is 0 Å². The molecule has 3 aromatic rings. The number of nitriles is 1. The largest absolute Gasteiger partial charge is 0.329 e. The molecule has 0 atom stereocenters. The normalized spacial score (nSPS) is 11.4. The number of nitrogens with zero attached hydrogens (tertiary/aromatic N) is 2. The Labute approximate surface area is 146 Å². The van der Waals surface area contributed by atoms with Crippen LogP contribution in [0.3, 0.4) is 0 Å². The third kappa shape index (κ3) is 3.43. The van der Waals surface area contributed by atoms with Crippen molar-refractivity contribution in [3.8, 4) is 17.2 Å². The Kier molecular flexibility index (Phi) is 4.57. The summed E-state index contributed by atoms with van der Waals surface area (Å²) in [6.45, 7) is 4.81. The molecule has 3 rings (SSSR count). The fourth-order valence-electron chi connectivity index (χ4n) is 2.41. The summed E-state index contributed by atoms with van der Waals surface area (Å²) in [5.41, 5.74) is 9.67. The van der Waals surface area contributed by atoms with E-state index in [1.54, 1.807) is 11.8 Å². The molecule has 0 unspecified atom stereocenters. The Morgan fingerprint density at radius 1 is 1.12 bits per heavy atom. The van der Waals surface area contributed by atoms with Crippen LogP contribution in [-0.4, -0.2) is 16.3 Å². The quantitative estimate of drug-likeness (QED) is 0.709. The van der Waals surface area contributed by atoms with E-state index in [1.807, 2.05) is 42.5 Å². The third-order valence-electron chi connectivity index (χ3n) is 3.88. The van der Waals surface area contributed by atoms with Gasteiger partial charge in [-0.05, 0) is 43.7 Å². The lowest BCUT2D eigenvalue weighted by atomic mass is 10.0. The van der Waals surface area contributed by atoms with E-state index in [0.717, 1.165) is 27.1 Å². The summed E-state index contributed by atoms with van der Waals surface area (Å²) < 4.78 is -0.100. The van der Waals surface area contributed by atoms with Gasteiger partial charge in [0.25, 0.3) is 0 Å². The topological polar surface area (TPSA) is 62.7 Å². The standard InChI is InChI=1S/C20H19N3S/c1-20(2,13-22)24-19-17(15-9-7-14(12-21)8-10-15)11-16-5-3-4-6-18(16)23-19/h3-11H,13,22H2,1-2H3. The van der Waals surface area contributed by atoms with Gasteiger partial charge in [-0.2, -0.15) is 5.26 Å². The van der Waals surface area contributed by atoms with E-state index in [-0.39, 0.29) is 4.75 Å². The molecule has 1 aromatic heterocycles.